The molecule has 1 fully saturated rings. The lowest BCUT2D eigenvalue weighted by Crippen LogP contribution is -2.47. The monoisotopic (exact) mass is 278 g/mol. The first-order chi connectivity index (χ1) is 9.70. The minimum Gasteiger partial charge on any atom is -0.337 e. The molecule has 0 aromatic carbocycles. The lowest BCUT2D eigenvalue weighted by molar-refractivity contribution is 0.251. The third-order valence-electron chi connectivity index (χ3n) is 3.91. The van der Waals surface area contributed by atoms with Crippen molar-refractivity contribution in [2.24, 2.45) is 5.73 Å². The Morgan fingerprint density at radius 3 is 2.35 bits per heavy atom. The van der Waals surface area contributed by atoms with Crippen molar-refractivity contribution in [3.05, 3.63) is 11.4 Å². The van der Waals surface area contributed by atoms with E-state index in [-0.39, 0.29) is 0 Å². The average Bonchev–Trinajstić information content (AvgIpc) is 2.47. The molecule has 0 amide bonds. The van der Waals surface area contributed by atoms with Gasteiger partial charge in [0.15, 0.2) is 0 Å². The van der Waals surface area contributed by atoms with Crippen LogP contribution in [0.25, 0.3) is 0 Å². The van der Waals surface area contributed by atoms with Gasteiger partial charge in [-0.25, -0.2) is 4.98 Å². The highest BCUT2D eigenvalue weighted by Crippen LogP contribution is 2.12. The van der Waals surface area contributed by atoms with Crippen LogP contribution in [0.2, 0.25) is 0 Å². The number of unbranched alkanes of at least 4 members (excludes halogenated alkanes) is 2. The quantitative estimate of drug-likeness (QED) is 0.774. The largest absolute Gasteiger partial charge is 0.337 e. The predicted molar refractivity (Wildman–Crippen MR) is 80.9 cm³/mol. The van der Waals surface area contributed by atoms with Crippen molar-refractivity contribution in [3.63, 3.8) is 0 Å². The number of nitrogens with zero attached hydrogens (tertiary/aromatic N) is 5. The van der Waals surface area contributed by atoms with Crippen molar-refractivity contribution in [1.82, 2.24) is 20.1 Å². The maximum Gasteiger partial charge on any atom is 0.245 e. The maximum atomic E-state index is 5.51. The summed E-state index contributed by atoms with van der Waals surface area (Å²) < 4.78 is 0. The summed E-state index contributed by atoms with van der Waals surface area (Å²) in [6.45, 7) is 10.1. The summed E-state index contributed by atoms with van der Waals surface area (Å²) in [6, 6.07) is 0. The van der Waals surface area contributed by atoms with Gasteiger partial charge in [0.25, 0.3) is 0 Å². The fraction of sp³-hybridized carbons (Fsp3) is 0.786. The van der Waals surface area contributed by atoms with Gasteiger partial charge in [0.05, 0.1) is 11.4 Å². The zero-order valence-electron chi connectivity index (χ0n) is 12.7. The molecule has 1 saturated heterocycles. The number of anilines is 1. The van der Waals surface area contributed by atoms with Crippen molar-refractivity contribution in [2.45, 2.75) is 33.1 Å². The highest BCUT2D eigenvalue weighted by molar-refractivity contribution is 5.30. The second kappa shape index (κ2) is 7.50. The van der Waals surface area contributed by atoms with Crippen LogP contribution in [-0.4, -0.2) is 59.3 Å². The van der Waals surface area contributed by atoms with Gasteiger partial charge in [-0.3, -0.25) is 4.90 Å². The van der Waals surface area contributed by atoms with Gasteiger partial charge in [-0.15, -0.1) is 5.10 Å². The topological polar surface area (TPSA) is 71.2 Å². The van der Waals surface area contributed by atoms with Crippen molar-refractivity contribution in [1.29, 1.82) is 0 Å². The number of aryl methyl sites for hydroxylation is 2. The number of piperazine rings is 1. The van der Waals surface area contributed by atoms with Crippen LogP contribution in [0, 0.1) is 13.8 Å². The first-order valence-electron chi connectivity index (χ1n) is 7.56. The molecule has 2 rings (SSSR count). The average molecular weight is 278 g/mol. The second-order valence-corrected chi connectivity index (χ2v) is 5.46. The molecule has 2 heterocycles. The smallest absolute Gasteiger partial charge is 0.245 e. The highest BCUT2D eigenvalue weighted by atomic mass is 15.4. The zero-order valence-corrected chi connectivity index (χ0v) is 12.7. The Kier molecular flexibility index (Phi) is 5.67. The standard InChI is InChI=1S/C14H26N6/c1-12-13(2)17-18-14(16-12)20-10-8-19(9-11-20)7-5-3-4-6-15/h3-11,15H2,1-2H3. The van der Waals surface area contributed by atoms with Gasteiger partial charge in [-0.1, -0.05) is 6.42 Å². The summed E-state index contributed by atoms with van der Waals surface area (Å²) in [5.41, 5.74) is 7.39. The first kappa shape index (κ1) is 15.1. The lowest BCUT2D eigenvalue weighted by atomic mass is 10.2. The van der Waals surface area contributed by atoms with Gasteiger partial charge in [0.1, 0.15) is 0 Å². The van der Waals surface area contributed by atoms with E-state index in [0.717, 1.165) is 56.5 Å². The summed E-state index contributed by atoms with van der Waals surface area (Å²) in [4.78, 5) is 9.28. The highest BCUT2D eigenvalue weighted by Gasteiger charge is 2.19. The number of nitrogens with two attached hydrogens (primary N) is 1. The van der Waals surface area contributed by atoms with Crippen molar-refractivity contribution in [2.75, 3.05) is 44.2 Å². The van der Waals surface area contributed by atoms with Crippen molar-refractivity contribution < 1.29 is 0 Å². The molecule has 20 heavy (non-hydrogen) atoms. The summed E-state index contributed by atoms with van der Waals surface area (Å²) in [6.07, 6.45) is 3.63. The summed E-state index contributed by atoms with van der Waals surface area (Å²) in [7, 11) is 0. The van der Waals surface area contributed by atoms with Crippen LogP contribution in [-0.2, 0) is 0 Å². The molecule has 1 aromatic heterocycles. The van der Waals surface area contributed by atoms with E-state index < -0.39 is 0 Å². The number of aromatic nitrogens is 3. The third kappa shape index (κ3) is 4.11. The van der Waals surface area contributed by atoms with Crippen LogP contribution in [0.3, 0.4) is 0 Å². The van der Waals surface area contributed by atoms with Gasteiger partial charge >= 0.3 is 0 Å². The SMILES string of the molecule is Cc1nnc(N2CCN(CCCCCN)CC2)nc1C. The molecule has 0 unspecified atom stereocenters. The molecule has 112 valence electrons. The lowest BCUT2D eigenvalue weighted by Gasteiger charge is -2.34. The van der Waals surface area contributed by atoms with Crippen LogP contribution >= 0.6 is 0 Å². The number of rotatable bonds is 6. The molecular formula is C14H26N6. The van der Waals surface area contributed by atoms with Gasteiger partial charge in [0.2, 0.25) is 5.95 Å². The minimum absolute atomic E-state index is 0.774. The fourth-order valence-electron chi connectivity index (χ4n) is 2.41. The maximum absolute atomic E-state index is 5.51. The molecule has 0 bridgehead atoms. The first-order valence-corrected chi connectivity index (χ1v) is 7.56. The van der Waals surface area contributed by atoms with E-state index in [2.05, 4.69) is 25.0 Å². The van der Waals surface area contributed by atoms with Crippen LogP contribution in [0.1, 0.15) is 30.7 Å². The van der Waals surface area contributed by atoms with E-state index in [1.165, 1.54) is 19.4 Å². The number of hydrogen-bond acceptors (Lipinski definition) is 6. The minimum atomic E-state index is 0.774. The van der Waals surface area contributed by atoms with Gasteiger partial charge in [-0.2, -0.15) is 5.10 Å². The molecular weight excluding hydrogens is 252 g/mol. The molecule has 1 aliphatic heterocycles. The molecule has 1 aromatic rings. The van der Waals surface area contributed by atoms with Gasteiger partial charge < -0.3 is 10.6 Å². The Balaban J connectivity index is 1.77. The molecule has 1 aliphatic rings. The molecule has 0 radical (unpaired) electrons. The normalized spacial score (nSPS) is 16.6. The number of hydrogen-bond donors (Lipinski definition) is 1. The fourth-order valence-corrected chi connectivity index (χ4v) is 2.41. The predicted octanol–water partition coefficient (Wildman–Crippen LogP) is 0.739. The van der Waals surface area contributed by atoms with Crippen molar-refractivity contribution >= 4 is 5.95 Å². The Morgan fingerprint density at radius 2 is 1.70 bits per heavy atom. The Hall–Kier alpha value is -1.27. The summed E-state index contributed by atoms with van der Waals surface area (Å²) in [5.74, 6) is 0.774. The van der Waals surface area contributed by atoms with Gasteiger partial charge in [-0.05, 0) is 39.8 Å². The Morgan fingerprint density at radius 1 is 0.950 bits per heavy atom. The second-order valence-electron chi connectivity index (χ2n) is 5.46. The molecule has 0 aliphatic carbocycles. The van der Waals surface area contributed by atoms with E-state index in [0.29, 0.717) is 0 Å². The molecule has 0 spiro atoms. The Labute approximate surface area is 121 Å². The summed E-state index contributed by atoms with van der Waals surface area (Å²) in [5, 5.41) is 8.37. The Bertz CT molecular complexity index is 414. The molecule has 2 N–H and O–H groups in total. The van der Waals surface area contributed by atoms with E-state index in [1.807, 2.05) is 13.8 Å². The van der Waals surface area contributed by atoms with E-state index in [1.54, 1.807) is 0 Å². The summed E-state index contributed by atoms with van der Waals surface area (Å²) >= 11 is 0. The van der Waals surface area contributed by atoms with E-state index >= 15 is 0 Å². The molecule has 6 nitrogen and oxygen atoms in total. The van der Waals surface area contributed by atoms with Crippen LogP contribution in [0.4, 0.5) is 5.95 Å². The molecule has 6 heteroatoms. The van der Waals surface area contributed by atoms with E-state index in [4.69, 9.17) is 5.73 Å². The van der Waals surface area contributed by atoms with Crippen molar-refractivity contribution in [3.8, 4) is 0 Å². The van der Waals surface area contributed by atoms with Crippen LogP contribution < -0.4 is 10.6 Å². The van der Waals surface area contributed by atoms with E-state index in [9.17, 15) is 0 Å². The molecule has 0 saturated carbocycles. The molecule has 0 atom stereocenters. The van der Waals surface area contributed by atoms with Crippen LogP contribution in [0.5, 0.6) is 0 Å². The van der Waals surface area contributed by atoms with Gasteiger partial charge in [0, 0.05) is 26.2 Å². The third-order valence-corrected chi connectivity index (χ3v) is 3.91. The zero-order chi connectivity index (χ0) is 14.4. The van der Waals surface area contributed by atoms with Crippen LogP contribution in [0.15, 0.2) is 0 Å².